The van der Waals surface area contributed by atoms with Crippen molar-refractivity contribution in [3.8, 4) is 10.7 Å². The molecule has 0 bridgehead atoms. The molecule has 1 aliphatic rings. The second-order valence-electron chi connectivity index (χ2n) is 4.20. The van der Waals surface area contributed by atoms with Crippen LogP contribution in [-0.4, -0.2) is 9.97 Å². The zero-order valence-electron chi connectivity index (χ0n) is 9.19. The van der Waals surface area contributed by atoms with Crippen molar-refractivity contribution in [3.05, 3.63) is 33.9 Å². The summed E-state index contributed by atoms with van der Waals surface area (Å²) in [5, 5.41) is 0. The van der Waals surface area contributed by atoms with Crippen molar-refractivity contribution in [1.82, 2.24) is 9.97 Å². The molecular formula is C12H12ClN3S. The number of nitrogens with zero attached hydrogens (tertiary/aromatic N) is 2. The second kappa shape index (κ2) is 4.37. The Kier molecular flexibility index (Phi) is 2.86. The largest absolute Gasteiger partial charge is 0.324 e. The standard InChI is InChI=1S/C12H12ClN3S/c13-11-5-4-10(17-11)12-15-6-7-8(14)2-1-3-9(7)16-12/h4-6,8H,1-3,14H2. The van der Waals surface area contributed by atoms with E-state index in [2.05, 4.69) is 9.97 Å². The summed E-state index contributed by atoms with van der Waals surface area (Å²) in [6, 6.07) is 3.92. The molecule has 5 heteroatoms. The van der Waals surface area contributed by atoms with Crippen LogP contribution in [-0.2, 0) is 6.42 Å². The number of aryl methyl sites for hydroxylation is 1. The van der Waals surface area contributed by atoms with Gasteiger partial charge in [0.2, 0.25) is 0 Å². The molecule has 3 nitrogen and oxygen atoms in total. The fourth-order valence-corrected chi connectivity index (χ4v) is 3.12. The van der Waals surface area contributed by atoms with Crippen molar-refractivity contribution in [2.75, 3.05) is 0 Å². The minimum atomic E-state index is 0.0970. The van der Waals surface area contributed by atoms with Gasteiger partial charge in [-0.1, -0.05) is 11.6 Å². The molecule has 2 N–H and O–H groups in total. The molecule has 0 radical (unpaired) electrons. The lowest BCUT2D eigenvalue weighted by Crippen LogP contribution is -2.19. The number of halogens is 1. The molecule has 1 unspecified atom stereocenters. The number of thiophene rings is 1. The second-order valence-corrected chi connectivity index (χ2v) is 5.91. The molecule has 88 valence electrons. The Morgan fingerprint density at radius 3 is 3.06 bits per heavy atom. The lowest BCUT2D eigenvalue weighted by molar-refractivity contribution is 0.557. The van der Waals surface area contributed by atoms with Crippen molar-refractivity contribution >= 4 is 22.9 Å². The lowest BCUT2D eigenvalue weighted by atomic mass is 9.93. The van der Waals surface area contributed by atoms with E-state index in [1.54, 1.807) is 0 Å². The average molecular weight is 266 g/mol. The van der Waals surface area contributed by atoms with E-state index in [4.69, 9.17) is 17.3 Å². The molecule has 0 aromatic carbocycles. The first-order valence-corrected chi connectivity index (χ1v) is 6.80. The number of hydrogen-bond acceptors (Lipinski definition) is 4. The monoisotopic (exact) mass is 265 g/mol. The van der Waals surface area contributed by atoms with E-state index >= 15 is 0 Å². The molecular weight excluding hydrogens is 254 g/mol. The van der Waals surface area contributed by atoms with E-state index in [0.717, 1.165) is 45.6 Å². The topological polar surface area (TPSA) is 51.8 Å². The molecule has 2 aromatic heterocycles. The zero-order chi connectivity index (χ0) is 11.8. The van der Waals surface area contributed by atoms with Gasteiger partial charge in [0, 0.05) is 23.5 Å². The first kappa shape index (κ1) is 11.1. The Bertz CT molecular complexity index is 552. The van der Waals surface area contributed by atoms with Crippen LogP contribution in [0.3, 0.4) is 0 Å². The van der Waals surface area contributed by atoms with Crippen LogP contribution in [0.25, 0.3) is 10.7 Å². The van der Waals surface area contributed by atoms with Crippen molar-refractivity contribution in [3.63, 3.8) is 0 Å². The predicted octanol–water partition coefficient (Wildman–Crippen LogP) is 3.19. The van der Waals surface area contributed by atoms with Gasteiger partial charge in [0.15, 0.2) is 5.82 Å². The zero-order valence-corrected chi connectivity index (χ0v) is 10.8. The van der Waals surface area contributed by atoms with Crippen molar-refractivity contribution in [2.45, 2.75) is 25.3 Å². The van der Waals surface area contributed by atoms with Crippen LogP contribution in [0.15, 0.2) is 18.3 Å². The third-order valence-corrected chi connectivity index (χ3v) is 4.25. The summed E-state index contributed by atoms with van der Waals surface area (Å²) in [5.41, 5.74) is 8.24. The molecule has 0 saturated carbocycles. The molecule has 17 heavy (non-hydrogen) atoms. The van der Waals surface area contributed by atoms with Gasteiger partial charge in [0.25, 0.3) is 0 Å². The van der Waals surface area contributed by atoms with E-state index in [1.807, 2.05) is 18.3 Å². The van der Waals surface area contributed by atoms with Crippen LogP contribution in [0.2, 0.25) is 4.34 Å². The Morgan fingerprint density at radius 1 is 1.41 bits per heavy atom. The highest BCUT2D eigenvalue weighted by Crippen LogP contribution is 2.31. The van der Waals surface area contributed by atoms with Crippen molar-refractivity contribution in [2.24, 2.45) is 5.73 Å². The van der Waals surface area contributed by atoms with Crippen molar-refractivity contribution in [1.29, 1.82) is 0 Å². The Morgan fingerprint density at radius 2 is 2.29 bits per heavy atom. The molecule has 0 amide bonds. The van der Waals surface area contributed by atoms with Crippen LogP contribution in [0, 0.1) is 0 Å². The summed E-state index contributed by atoms with van der Waals surface area (Å²) in [6.07, 6.45) is 5.00. The van der Waals surface area contributed by atoms with E-state index in [9.17, 15) is 0 Å². The van der Waals surface area contributed by atoms with Gasteiger partial charge in [-0.25, -0.2) is 9.97 Å². The summed E-state index contributed by atoms with van der Waals surface area (Å²) in [5.74, 6) is 0.759. The third kappa shape index (κ3) is 2.08. The number of hydrogen-bond donors (Lipinski definition) is 1. The molecule has 2 aromatic rings. The number of nitrogens with two attached hydrogens (primary N) is 1. The van der Waals surface area contributed by atoms with E-state index in [-0.39, 0.29) is 6.04 Å². The van der Waals surface area contributed by atoms with Gasteiger partial charge in [-0.3, -0.25) is 0 Å². The maximum atomic E-state index is 6.04. The summed E-state index contributed by atoms with van der Waals surface area (Å²) >= 11 is 7.42. The SMILES string of the molecule is NC1CCCc2nc(-c3ccc(Cl)s3)ncc21. The smallest absolute Gasteiger partial charge is 0.169 e. The number of rotatable bonds is 1. The Hall–Kier alpha value is -0.970. The number of fused-ring (bicyclic) bond motifs is 1. The lowest BCUT2D eigenvalue weighted by Gasteiger charge is -2.20. The van der Waals surface area contributed by atoms with Gasteiger partial charge < -0.3 is 5.73 Å². The third-order valence-electron chi connectivity index (χ3n) is 3.02. The number of aromatic nitrogens is 2. The van der Waals surface area contributed by atoms with Gasteiger partial charge in [0.1, 0.15) is 0 Å². The maximum Gasteiger partial charge on any atom is 0.169 e. The highest BCUT2D eigenvalue weighted by atomic mass is 35.5. The summed E-state index contributed by atoms with van der Waals surface area (Å²) in [6.45, 7) is 0. The van der Waals surface area contributed by atoms with Crippen LogP contribution < -0.4 is 5.73 Å². The predicted molar refractivity (Wildman–Crippen MR) is 70.2 cm³/mol. The molecule has 0 aliphatic heterocycles. The minimum Gasteiger partial charge on any atom is -0.324 e. The normalized spacial score (nSPS) is 19.1. The minimum absolute atomic E-state index is 0.0970. The van der Waals surface area contributed by atoms with Gasteiger partial charge in [0.05, 0.1) is 9.21 Å². The first-order valence-electron chi connectivity index (χ1n) is 5.61. The van der Waals surface area contributed by atoms with Crippen molar-refractivity contribution < 1.29 is 0 Å². The van der Waals surface area contributed by atoms with Crippen LogP contribution in [0.4, 0.5) is 0 Å². The highest BCUT2D eigenvalue weighted by Gasteiger charge is 2.19. The van der Waals surface area contributed by atoms with Gasteiger partial charge in [-0.05, 0) is 31.4 Å². The summed E-state index contributed by atoms with van der Waals surface area (Å²) in [4.78, 5) is 10.0. The highest BCUT2D eigenvalue weighted by molar-refractivity contribution is 7.19. The van der Waals surface area contributed by atoms with Gasteiger partial charge >= 0.3 is 0 Å². The summed E-state index contributed by atoms with van der Waals surface area (Å²) < 4.78 is 0.762. The maximum absolute atomic E-state index is 6.04. The summed E-state index contributed by atoms with van der Waals surface area (Å²) in [7, 11) is 0. The van der Waals surface area contributed by atoms with E-state index in [0.29, 0.717) is 0 Å². The molecule has 0 spiro atoms. The van der Waals surface area contributed by atoms with Crippen LogP contribution in [0.5, 0.6) is 0 Å². The molecule has 2 heterocycles. The Balaban J connectivity index is 2.03. The molecule has 0 fully saturated rings. The fraction of sp³-hybridized carbons (Fsp3) is 0.333. The van der Waals surface area contributed by atoms with Crippen LogP contribution >= 0.6 is 22.9 Å². The fourth-order valence-electron chi connectivity index (χ4n) is 2.13. The van der Waals surface area contributed by atoms with E-state index < -0.39 is 0 Å². The molecule has 1 aliphatic carbocycles. The molecule has 3 rings (SSSR count). The Labute approximate surface area is 109 Å². The first-order chi connectivity index (χ1) is 8.24. The molecule has 1 atom stereocenters. The van der Waals surface area contributed by atoms with E-state index in [1.165, 1.54) is 11.3 Å². The quantitative estimate of drug-likeness (QED) is 0.862. The van der Waals surface area contributed by atoms with Gasteiger partial charge in [-0.15, -0.1) is 11.3 Å². The average Bonchev–Trinajstić information content (AvgIpc) is 2.76. The van der Waals surface area contributed by atoms with Crippen LogP contribution in [0.1, 0.15) is 30.1 Å². The van der Waals surface area contributed by atoms with Gasteiger partial charge in [-0.2, -0.15) is 0 Å². The molecule has 0 saturated heterocycles.